The monoisotopic (exact) mass is 561 g/mol. The maximum absolute atomic E-state index is 13.8. The molecule has 0 bridgehead atoms. The molecule has 2 heterocycles. The summed E-state index contributed by atoms with van der Waals surface area (Å²) < 4.78 is 41.0. The molecule has 0 fully saturated rings. The fraction of sp³-hybridized carbons (Fsp3) is 0.138. The van der Waals surface area contributed by atoms with E-state index in [0.29, 0.717) is 29.1 Å². The van der Waals surface area contributed by atoms with Gasteiger partial charge in [-0.3, -0.25) is 0 Å². The number of nitrogens with zero attached hydrogens (tertiary/aromatic N) is 3. The number of rotatable bonds is 9. The molecule has 0 atom stereocenters. The van der Waals surface area contributed by atoms with Crippen LogP contribution in [0.15, 0.2) is 82.7 Å². The van der Waals surface area contributed by atoms with Crippen LogP contribution in [0.2, 0.25) is 0 Å². The zero-order valence-electron chi connectivity index (χ0n) is 22.1. The summed E-state index contributed by atoms with van der Waals surface area (Å²) in [6.45, 7) is 3.76. The summed E-state index contributed by atoms with van der Waals surface area (Å²) >= 11 is 0. The molecule has 4 N–H and O–H groups in total. The van der Waals surface area contributed by atoms with Gasteiger partial charge >= 0.3 is 0 Å². The number of aromatic nitrogens is 2. The van der Waals surface area contributed by atoms with Crippen LogP contribution in [0.25, 0.3) is 16.7 Å². The summed E-state index contributed by atoms with van der Waals surface area (Å²) in [6.07, 6.45) is 2.44. The highest BCUT2D eigenvalue weighted by atomic mass is 32.2. The second-order valence-electron chi connectivity index (χ2n) is 8.72. The van der Waals surface area contributed by atoms with Gasteiger partial charge in [0.2, 0.25) is 21.7 Å². The molecule has 0 spiro atoms. The Bertz CT molecular complexity index is 1690. The van der Waals surface area contributed by atoms with Gasteiger partial charge in [-0.05, 0) is 55.8 Å². The van der Waals surface area contributed by atoms with Gasteiger partial charge < -0.3 is 25.8 Å². The van der Waals surface area contributed by atoms with Crippen molar-refractivity contribution < 1.29 is 23.0 Å². The summed E-state index contributed by atoms with van der Waals surface area (Å²) in [5.41, 5.74) is 2.54. The van der Waals surface area contributed by atoms with Crippen molar-refractivity contribution in [1.29, 1.82) is 5.41 Å². The largest absolute Gasteiger partial charge is 0.504 e. The normalized spacial score (nSPS) is 11.8. The number of sulfone groups is 1. The van der Waals surface area contributed by atoms with Gasteiger partial charge in [0.15, 0.2) is 10.6 Å². The number of para-hydroxylation sites is 1. The number of hydrogen-bond donors (Lipinski definition) is 4. The van der Waals surface area contributed by atoms with E-state index in [1.807, 2.05) is 13.0 Å². The number of allylic oxidation sites excluding steroid dienone is 1. The number of nitrogens with one attached hydrogen (secondary N) is 2. The summed E-state index contributed by atoms with van der Waals surface area (Å²) in [6, 6.07) is 17.5. The summed E-state index contributed by atoms with van der Waals surface area (Å²) in [7, 11) is -2.87. The van der Waals surface area contributed by atoms with Crippen LogP contribution in [0.3, 0.4) is 0 Å². The Hall–Kier alpha value is -4.77. The Morgan fingerprint density at radius 2 is 1.73 bits per heavy atom. The molecule has 0 saturated carbocycles. The van der Waals surface area contributed by atoms with Crippen LogP contribution in [0, 0.1) is 18.3 Å². The molecule has 0 aliphatic rings. The average molecular weight is 562 g/mol. The molecule has 0 aliphatic heterocycles. The van der Waals surface area contributed by atoms with E-state index >= 15 is 0 Å². The van der Waals surface area contributed by atoms with Gasteiger partial charge in [0, 0.05) is 48.5 Å². The van der Waals surface area contributed by atoms with Crippen molar-refractivity contribution in [2.75, 3.05) is 18.5 Å². The molecule has 40 heavy (non-hydrogen) atoms. The molecular formula is C29H28FN5O4S. The number of halogens is 1. The third-order valence-corrected chi connectivity index (χ3v) is 8.07. The first-order chi connectivity index (χ1) is 19.1. The smallest absolute Gasteiger partial charge is 0.235 e. The Morgan fingerprint density at radius 1 is 1.05 bits per heavy atom. The van der Waals surface area contributed by atoms with Crippen molar-refractivity contribution in [2.45, 2.75) is 23.6 Å². The highest BCUT2D eigenvalue weighted by Gasteiger charge is 2.33. The molecule has 2 aromatic heterocycles. The van der Waals surface area contributed by atoms with Gasteiger partial charge in [-0.2, -0.15) is 4.39 Å². The van der Waals surface area contributed by atoms with E-state index in [1.54, 1.807) is 49.2 Å². The predicted molar refractivity (Wildman–Crippen MR) is 152 cm³/mol. The lowest BCUT2D eigenvalue weighted by Gasteiger charge is -2.27. The predicted octanol–water partition coefficient (Wildman–Crippen LogP) is 5.20. The van der Waals surface area contributed by atoms with Crippen LogP contribution >= 0.6 is 0 Å². The molecule has 2 aromatic carbocycles. The van der Waals surface area contributed by atoms with E-state index in [9.17, 15) is 23.0 Å². The van der Waals surface area contributed by atoms with Crippen molar-refractivity contribution in [3.8, 4) is 22.8 Å². The van der Waals surface area contributed by atoms with E-state index in [1.165, 1.54) is 36.5 Å². The van der Waals surface area contributed by atoms with Gasteiger partial charge in [-0.25, -0.2) is 18.4 Å². The minimum atomic E-state index is -4.48. The van der Waals surface area contributed by atoms with E-state index in [0.717, 1.165) is 6.21 Å². The van der Waals surface area contributed by atoms with Crippen LogP contribution in [0.4, 0.5) is 15.8 Å². The maximum atomic E-state index is 13.8. The first-order valence-corrected chi connectivity index (χ1v) is 13.8. The SMILES string of the molecule is CCN(c1ccccc1)c1c(/C(C=N)=C/NC)nc(O)c(S(=O)(=O)c2ccc(-c3ccc(F)nc3C)cc2)c1O. The summed E-state index contributed by atoms with van der Waals surface area (Å²) in [5, 5.41) is 33.1. The van der Waals surface area contributed by atoms with Crippen molar-refractivity contribution in [3.63, 3.8) is 0 Å². The molecule has 4 aromatic rings. The van der Waals surface area contributed by atoms with Crippen LogP contribution in [0.5, 0.6) is 11.6 Å². The molecule has 11 heteroatoms. The van der Waals surface area contributed by atoms with Gasteiger partial charge in [-0.1, -0.05) is 30.3 Å². The average Bonchev–Trinajstić information content (AvgIpc) is 2.93. The lowest BCUT2D eigenvalue weighted by Crippen LogP contribution is -2.20. The van der Waals surface area contributed by atoms with Crippen LogP contribution in [0.1, 0.15) is 18.3 Å². The standard InChI is InChI=1S/C29H28FN5O4S/c1-4-35(21-8-6-5-7-9-21)26-25(20(16-31)17-32-3)34-29(37)28(27(26)36)40(38,39)22-12-10-19(11-13-22)23-14-15-24(30)33-18(23)2/h5-17,31-32H,4H2,1-3H3,(H2,34,36,37)/b20-17+,31-16?. The lowest BCUT2D eigenvalue weighted by atomic mass is 10.1. The van der Waals surface area contributed by atoms with Crippen LogP contribution < -0.4 is 10.2 Å². The van der Waals surface area contributed by atoms with Crippen molar-refractivity contribution in [2.24, 2.45) is 0 Å². The first kappa shape index (κ1) is 28.2. The second-order valence-corrected chi connectivity index (χ2v) is 10.6. The Morgan fingerprint density at radius 3 is 2.30 bits per heavy atom. The number of pyridine rings is 2. The number of hydrogen-bond acceptors (Lipinski definition) is 9. The molecule has 206 valence electrons. The zero-order valence-corrected chi connectivity index (χ0v) is 22.9. The molecule has 4 rings (SSSR count). The van der Waals surface area contributed by atoms with E-state index in [-0.39, 0.29) is 21.8 Å². The minimum absolute atomic E-state index is 0.0126. The molecule has 9 nitrogen and oxygen atoms in total. The van der Waals surface area contributed by atoms with Crippen LogP contribution in [-0.4, -0.2) is 48.4 Å². The zero-order chi connectivity index (χ0) is 29.0. The van der Waals surface area contributed by atoms with Crippen molar-refractivity contribution in [3.05, 3.63) is 90.3 Å². The molecule has 0 radical (unpaired) electrons. The quantitative estimate of drug-likeness (QED) is 0.161. The maximum Gasteiger partial charge on any atom is 0.235 e. The summed E-state index contributed by atoms with van der Waals surface area (Å²) in [5.74, 6) is -2.24. The number of aromatic hydroxyl groups is 2. The second kappa shape index (κ2) is 11.5. The van der Waals surface area contributed by atoms with Crippen molar-refractivity contribution in [1.82, 2.24) is 15.3 Å². The van der Waals surface area contributed by atoms with Gasteiger partial charge in [-0.15, -0.1) is 0 Å². The highest BCUT2D eigenvalue weighted by Crippen LogP contribution is 2.46. The summed E-state index contributed by atoms with van der Waals surface area (Å²) in [4.78, 5) is 8.66. The lowest BCUT2D eigenvalue weighted by molar-refractivity contribution is 0.407. The Labute approximate surface area is 231 Å². The van der Waals surface area contributed by atoms with Gasteiger partial charge in [0.25, 0.3) is 0 Å². The minimum Gasteiger partial charge on any atom is -0.504 e. The molecule has 0 amide bonds. The third-order valence-electron chi connectivity index (χ3n) is 6.26. The molecule has 0 aliphatic carbocycles. The third kappa shape index (κ3) is 5.23. The fourth-order valence-electron chi connectivity index (χ4n) is 4.42. The Kier molecular flexibility index (Phi) is 8.15. The van der Waals surface area contributed by atoms with Gasteiger partial charge in [0.05, 0.1) is 4.90 Å². The Balaban J connectivity index is 1.92. The van der Waals surface area contributed by atoms with E-state index in [4.69, 9.17) is 5.41 Å². The number of aryl methyl sites for hydroxylation is 1. The highest BCUT2D eigenvalue weighted by molar-refractivity contribution is 7.91. The van der Waals surface area contributed by atoms with Gasteiger partial charge in [0.1, 0.15) is 11.4 Å². The topological polar surface area (TPSA) is 140 Å². The number of benzene rings is 2. The first-order valence-electron chi connectivity index (χ1n) is 12.3. The molecule has 0 unspecified atom stereocenters. The van der Waals surface area contributed by atoms with E-state index < -0.39 is 32.3 Å². The fourth-order valence-corrected chi connectivity index (χ4v) is 5.79. The molecule has 0 saturated heterocycles. The van der Waals surface area contributed by atoms with Crippen LogP contribution in [-0.2, 0) is 9.84 Å². The van der Waals surface area contributed by atoms with E-state index in [2.05, 4.69) is 15.3 Å². The van der Waals surface area contributed by atoms with Crippen molar-refractivity contribution >= 4 is 33.0 Å². The molecular weight excluding hydrogens is 533 g/mol. The number of anilines is 2.